The van der Waals surface area contributed by atoms with Crippen molar-refractivity contribution in [2.24, 2.45) is 5.41 Å². The highest BCUT2D eigenvalue weighted by molar-refractivity contribution is 6.30. The summed E-state index contributed by atoms with van der Waals surface area (Å²) >= 11 is 5.90. The van der Waals surface area contributed by atoms with Crippen molar-refractivity contribution < 1.29 is 19.0 Å². The Morgan fingerprint density at radius 2 is 2.00 bits per heavy atom. The lowest BCUT2D eigenvalue weighted by Gasteiger charge is -2.31. The molecular weight excluding hydrogens is 421 g/mol. The maximum Gasteiger partial charge on any atom is 0.265 e. The van der Waals surface area contributed by atoms with Gasteiger partial charge in [0, 0.05) is 18.5 Å². The summed E-state index contributed by atoms with van der Waals surface area (Å²) in [5, 5.41) is 10.1. The van der Waals surface area contributed by atoms with Crippen molar-refractivity contribution in [3.63, 3.8) is 0 Å². The molecule has 0 fully saturated rings. The third kappa shape index (κ3) is 4.36. The van der Waals surface area contributed by atoms with Crippen LogP contribution in [-0.2, 0) is 6.42 Å². The molecule has 0 saturated carbocycles. The average Bonchev–Trinajstić information content (AvgIpc) is 2.72. The summed E-state index contributed by atoms with van der Waals surface area (Å²) in [6.45, 7) is 5.74. The van der Waals surface area contributed by atoms with Crippen LogP contribution in [0.4, 0.5) is 4.39 Å². The lowest BCUT2D eigenvalue weighted by Crippen LogP contribution is -2.27. The molecule has 3 rings (SSSR count). The Hall–Kier alpha value is -2.70. The number of nitrogens with zero attached hydrogens (tertiary/aromatic N) is 1. The zero-order chi connectivity index (χ0) is 22.9. The van der Waals surface area contributed by atoms with Crippen LogP contribution >= 0.6 is 11.6 Å². The van der Waals surface area contributed by atoms with E-state index < -0.39 is 11.4 Å². The van der Waals surface area contributed by atoms with Crippen molar-refractivity contribution >= 4 is 23.4 Å². The first kappa shape index (κ1) is 23.0. The zero-order valence-electron chi connectivity index (χ0n) is 17.9. The molecule has 5 nitrogen and oxygen atoms in total. The van der Waals surface area contributed by atoms with E-state index in [4.69, 9.17) is 16.3 Å². The first-order valence-electron chi connectivity index (χ1n) is 9.87. The van der Waals surface area contributed by atoms with E-state index in [1.54, 1.807) is 24.4 Å². The number of hydrogen-bond acceptors (Lipinski definition) is 4. The first-order chi connectivity index (χ1) is 14.6. The van der Waals surface area contributed by atoms with Gasteiger partial charge in [-0.2, -0.15) is 0 Å². The predicted molar refractivity (Wildman–Crippen MR) is 119 cm³/mol. The minimum absolute atomic E-state index is 0.0175. The van der Waals surface area contributed by atoms with Gasteiger partial charge in [-0.25, -0.2) is 4.39 Å². The molecule has 0 bridgehead atoms. The summed E-state index contributed by atoms with van der Waals surface area (Å²) in [5.74, 6) is -0.481. The molecule has 3 aromatic rings. The molecule has 2 heterocycles. The number of aromatic nitrogens is 1. The second kappa shape index (κ2) is 8.81. The summed E-state index contributed by atoms with van der Waals surface area (Å²) in [5.41, 5.74) is 1.21. The van der Waals surface area contributed by atoms with Gasteiger partial charge >= 0.3 is 0 Å². The van der Waals surface area contributed by atoms with Crippen molar-refractivity contribution in [3.05, 3.63) is 80.0 Å². The van der Waals surface area contributed by atoms with Gasteiger partial charge in [0.05, 0.1) is 29.8 Å². The van der Waals surface area contributed by atoms with Crippen molar-refractivity contribution in [1.82, 2.24) is 4.40 Å². The van der Waals surface area contributed by atoms with Crippen LogP contribution < -0.4 is 10.3 Å². The molecule has 7 heteroatoms. The third-order valence-corrected chi connectivity index (χ3v) is 5.80. The second-order valence-corrected chi connectivity index (χ2v) is 9.01. The second-order valence-electron chi connectivity index (χ2n) is 8.60. The Labute approximate surface area is 185 Å². The maximum atomic E-state index is 14.4. The SMILES string of the molecule is COc1cc(Cc2cccc(Cl)c2F)cn2c(=O)c(C=O)cc([C@H](CO)C(C)(C)C)c12. The highest BCUT2D eigenvalue weighted by atomic mass is 35.5. The van der Waals surface area contributed by atoms with Crippen molar-refractivity contribution in [3.8, 4) is 5.75 Å². The quantitative estimate of drug-likeness (QED) is 0.562. The number of halogens is 2. The van der Waals surface area contributed by atoms with E-state index in [-0.39, 0.29) is 34.9 Å². The van der Waals surface area contributed by atoms with E-state index >= 15 is 0 Å². The lowest BCUT2D eigenvalue weighted by molar-refractivity contribution is 0.112. The van der Waals surface area contributed by atoms with Gasteiger partial charge in [0.15, 0.2) is 6.29 Å². The van der Waals surface area contributed by atoms with E-state index in [9.17, 15) is 19.1 Å². The molecule has 1 N–H and O–H groups in total. The minimum Gasteiger partial charge on any atom is -0.495 e. The monoisotopic (exact) mass is 445 g/mol. The minimum atomic E-state index is -0.522. The Balaban J connectivity index is 2.32. The summed E-state index contributed by atoms with van der Waals surface area (Å²) in [6.07, 6.45) is 2.26. The molecular formula is C24H25ClFNO4. The van der Waals surface area contributed by atoms with Crippen LogP contribution in [-0.4, -0.2) is 29.5 Å². The fraction of sp³-hybridized carbons (Fsp3) is 0.333. The molecule has 1 aromatic carbocycles. The standard InChI is InChI=1S/C24H25ClFNO4/c1-24(2,3)18(13-29)17-10-16(12-28)23(30)27-11-14(9-20(31-4)22(17)27)8-15-6-5-7-19(25)21(15)26/h5-7,9-12,18,29H,8,13H2,1-4H3/t18-/m0/s1. The number of pyridine rings is 2. The van der Waals surface area contributed by atoms with E-state index in [0.29, 0.717) is 34.2 Å². The highest BCUT2D eigenvalue weighted by Crippen LogP contribution is 2.39. The largest absolute Gasteiger partial charge is 0.495 e. The Morgan fingerprint density at radius 1 is 1.29 bits per heavy atom. The van der Waals surface area contributed by atoms with Crippen LogP contribution in [0.5, 0.6) is 5.75 Å². The molecule has 0 radical (unpaired) electrons. The van der Waals surface area contributed by atoms with Gasteiger partial charge in [0.25, 0.3) is 5.56 Å². The number of aldehydes is 1. The number of rotatable bonds is 6. The predicted octanol–water partition coefficient (Wildman–Crippen LogP) is 4.63. The number of aliphatic hydroxyl groups is 1. The Kier molecular flexibility index (Phi) is 6.53. The van der Waals surface area contributed by atoms with Crippen molar-refractivity contribution in [2.45, 2.75) is 33.1 Å². The van der Waals surface area contributed by atoms with Crippen LogP contribution in [0.25, 0.3) is 5.52 Å². The molecule has 164 valence electrons. The summed E-state index contributed by atoms with van der Waals surface area (Å²) in [6, 6.07) is 8.00. The van der Waals surface area contributed by atoms with E-state index in [2.05, 4.69) is 0 Å². The van der Waals surface area contributed by atoms with E-state index in [1.165, 1.54) is 23.6 Å². The third-order valence-electron chi connectivity index (χ3n) is 5.51. The van der Waals surface area contributed by atoms with Crippen LogP contribution in [0.15, 0.2) is 41.3 Å². The number of methoxy groups -OCH3 is 1. The van der Waals surface area contributed by atoms with Gasteiger partial charge < -0.3 is 9.84 Å². The molecule has 31 heavy (non-hydrogen) atoms. The Morgan fingerprint density at radius 3 is 2.58 bits per heavy atom. The van der Waals surface area contributed by atoms with Gasteiger partial charge in [-0.3, -0.25) is 14.0 Å². The van der Waals surface area contributed by atoms with Gasteiger partial charge in [0.1, 0.15) is 11.6 Å². The van der Waals surface area contributed by atoms with Crippen molar-refractivity contribution in [1.29, 1.82) is 0 Å². The molecule has 0 spiro atoms. The molecule has 1 atom stereocenters. The lowest BCUT2D eigenvalue weighted by atomic mass is 9.76. The normalized spacial score (nSPS) is 12.7. The molecule has 0 aliphatic heterocycles. The number of aliphatic hydroxyl groups excluding tert-OH is 1. The molecule has 0 amide bonds. The number of hydrogen-bond donors (Lipinski definition) is 1. The van der Waals surface area contributed by atoms with Gasteiger partial charge in [-0.05, 0) is 40.3 Å². The van der Waals surface area contributed by atoms with Gasteiger partial charge in [-0.15, -0.1) is 0 Å². The van der Waals surface area contributed by atoms with Crippen LogP contribution in [0.2, 0.25) is 5.02 Å². The maximum absolute atomic E-state index is 14.4. The molecule has 0 unspecified atom stereocenters. The number of carbonyl (C=O) groups is 1. The number of fused-ring (bicyclic) bond motifs is 1. The molecule has 0 aliphatic rings. The van der Waals surface area contributed by atoms with E-state index in [0.717, 1.165) is 0 Å². The summed E-state index contributed by atoms with van der Waals surface area (Å²) in [4.78, 5) is 24.6. The highest BCUT2D eigenvalue weighted by Gasteiger charge is 2.30. The van der Waals surface area contributed by atoms with E-state index in [1.807, 2.05) is 20.8 Å². The van der Waals surface area contributed by atoms with Gasteiger partial charge in [0.2, 0.25) is 0 Å². The first-order valence-corrected chi connectivity index (χ1v) is 10.2. The topological polar surface area (TPSA) is 68.0 Å². The molecule has 0 aliphatic carbocycles. The van der Waals surface area contributed by atoms with Crippen LogP contribution in [0.3, 0.4) is 0 Å². The molecule has 0 saturated heterocycles. The Bertz CT molecular complexity index is 1200. The van der Waals surface area contributed by atoms with Crippen LogP contribution in [0, 0.1) is 11.2 Å². The fourth-order valence-electron chi connectivity index (χ4n) is 3.85. The molecule has 2 aromatic heterocycles. The zero-order valence-corrected chi connectivity index (χ0v) is 18.7. The summed E-state index contributed by atoms with van der Waals surface area (Å²) < 4.78 is 21.4. The number of ether oxygens (including phenoxy) is 1. The van der Waals surface area contributed by atoms with Gasteiger partial charge in [-0.1, -0.05) is 44.5 Å². The summed E-state index contributed by atoms with van der Waals surface area (Å²) in [7, 11) is 1.48. The number of benzene rings is 1. The average molecular weight is 446 g/mol. The van der Waals surface area contributed by atoms with Crippen LogP contribution in [0.1, 0.15) is 53.7 Å². The smallest absolute Gasteiger partial charge is 0.265 e. The van der Waals surface area contributed by atoms with Crippen molar-refractivity contribution in [2.75, 3.05) is 13.7 Å². The number of carbonyl (C=O) groups excluding carboxylic acids is 1. The fourth-order valence-corrected chi connectivity index (χ4v) is 4.04.